The number of carboxylic acid groups (broad SMARTS) is 1. The van der Waals surface area contributed by atoms with Gasteiger partial charge in [0, 0.05) is 0 Å². The number of halogens is 3. The van der Waals surface area contributed by atoms with Gasteiger partial charge in [-0.15, -0.1) is 0 Å². The highest BCUT2D eigenvalue weighted by atomic mass is 19.4. The normalized spacial score (nSPS) is 21.5. The third kappa shape index (κ3) is 3.77. The van der Waals surface area contributed by atoms with Gasteiger partial charge >= 0.3 is 12.1 Å². The van der Waals surface area contributed by atoms with E-state index in [0.29, 0.717) is 0 Å². The molecule has 2 unspecified atom stereocenters. The van der Waals surface area contributed by atoms with Crippen molar-refractivity contribution in [3.8, 4) is 0 Å². The number of benzene rings is 1. The van der Waals surface area contributed by atoms with E-state index in [-0.39, 0.29) is 18.5 Å². The van der Waals surface area contributed by atoms with Crippen LogP contribution >= 0.6 is 0 Å². The van der Waals surface area contributed by atoms with Crippen LogP contribution in [0.1, 0.15) is 32.3 Å². The van der Waals surface area contributed by atoms with E-state index in [1.165, 1.54) is 12.1 Å². The predicted molar refractivity (Wildman–Crippen MR) is 82.3 cm³/mol. The van der Waals surface area contributed by atoms with E-state index >= 15 is 0 Å². The molecule has 0 saturated heterocycles. The van der Waals surface area contributed by atoms with Crippen molar-refractivity contribution < 1.29 is 27.9 Å². The maximum atomic E-state index is 13.0. The molecule has 1 amide bonds. The Labute approximate surface area is 137 Å². The van der Waals surface area contributed by atoms with E-state index in [1.807, 2.05) is 0 Å². The molecule has 0 saturated carbocycles. The number of amides is 1. The molecule has 0 radical (unpaired) electrons. The molecule has 0 bridgehead atoms. The number of hydrogen-bond acceptors (Lipinski definition) is 2. The smallest absolute Gasteiger partial charge is 0.418 e. The molecule has 2 rings (SSSR count). The fourth-order valence-corrected chi connectivity index (χ4v) is 2.89. The number of aliphatic carboxylic acids is 1. The molecule has 2 atom stereocenters. The molecule has 1 aromatic carbocycles. The number of alkyl halides is 3. The fraction of sp³-hybridized carbons (Fsp3) is 0.412. The highest BCUT2D eigenvalue weighted by Gasteiger charge is 2.39. The molecule has 0 aromatic heterocycles. The molecule has 130 valence electrons. The first-order chi connectivity index (χ1) is 11.1. The Hall–Kier alpha value is -2.31. The summed E-state index contributed by atoms with van der Waals surface area (Å²) in [5.41, 5.74) is 0.492. The first-order valence-corrected chi connectivity index (χ1v) is 7.46. The first-order valence-electron chi connectivity index (χ1n) is 7.46. The van der Waals surface area contributed by atoms with Gasteiger partial charge in [0.1, 0.15) is 0 Å². The predicted octanol–water partition coefficient (Wildman–Crippen LogP) is 4.09. The van der Waals surface area contributed by atoms with Gasteiger partial charge in [-0.05, 0) is 38.8 Å². The van der Waals surface area contributed by atoms with Gasteiger partial charge in [-0.25, -0.2) is 0 Å². The number of carbonyl (C=O) groups is 2. The number of carboxylic acids is 1. The third-order valence-corrected chi connectivity index (χ3v) is 4.41. The van der Waals surface area contributed by atoms with Crippen LogP contribution in [0.25, 0.3) is 0 Å². The number of allylic oxidation sites excluding steroid dienone is 2. The summed E-state index contributed by atoms with van der Waals surface area (Å²) in [6.07, 6.45) is -4.15. The number of anilines is 1. The van der Waals surface area contributed by atoms with Crippen LogP contribution in [0.15, 0.2) is 35.4 Å². The minimum absolute atomic E-state index is 0.222. The quantitative estimate of drug-likeness (QED) is 0.814. The average Bonchev–Trinajstić information content (AvgIpc) is 2.48. The zero-order chi connectivity index (χ0) is 18.1. The molecule has 1 aliphatic carbocycles. The van der Waals surface area contributed by atoms with Gasteiger partial charge in [0.05, 0.1) is 23.1 Å². The maximum absolute atomic E-state index is 13.0. The number of nitrogens with one attached hydrogen (secondary N) is 1. The topological polar surface area (TPSA) is 66.4 Å². The second-order valence-corrected chi connectivity index (χ2v) is 6.05. The largest absolute Gasteiger partial charge is 0.481 e. The van der Waals surface area contributed by atoms with Gasteiger partial charge in [0.2, 0.25) is 5.91 Å². The highest BCUT2D eigenvalue weighted by molar-refractivity contribution is 5.96. The van der Waals surface area contributed by atoms with Crippen LogP contribution in [0.5, 0.6) is 0 Å². The molecule has 0 heterocycles. The molecule has 1 aromatic rings. The van der Waals surface area contributed by atoms with Gasteiger partial charge < -0.3 is 10.4 Å². The van der Waals surface area contributed by atoms with Crippen molar-refractivity contribution >= 4 is 17.6 Å². The summed E-state index contributed by atoms with van der Waals surface area (Å²) < 4.78 is 39.0. The number of para-hydroxylation sites is 1. The summed E-state index contributed by atoms with van der Waals surface area (Å²) in [6, 6.07) is 4.65. The van der Waals surface area contributed by atoms with Gasteiger partial charge in [-0.1, -0.05) is 23.3 Å². The summed E-state index contributed by atoms with van der Waals surface area (Å²) in [6.45, 7) is 3.61. The van der Waals surface area contributed by atoms with Gasteiger partial charge in [0.25, 0.3) is 0 Å². The molecule has 2 N–H and O–H groups in total. The molecule has 0 aliphatic heterocycles. The Bertz CT molecular complexity index is 695. The SMILES string of the molecule is CC1=C(C)CC(C(=O)Nc2ccccc2C(F)(F)F)C(C(=O)O)C1. The number of rotatable bonds is 3. The molecule has 0 spiro atoms. The van der Waals surface area contributed by atoms with E-state index in [2.05, 4.69) is 5.32 Å². The van der Waals surface area contributed by atoms with Crippen molar-refractivity contribution in [2.75, 3.05) is 5.32 Å². The van der Waals surface area contributed by atoms with Gasteiger partial charge in [-0.2, -0.15) is 13.2 Å². The van der Waals surface area contributed by atoms with Crippen molar-refractivity contribution in [1.82, 2.24) is 0 Å². The third-order valence-electron chi connectivity index (χ3n) is 4.41. The van der Waals surface area contributed by atoms with Crippen LogP contribution in [0, 0.1) is 11.8 Å². The zero-order valence-electron chi connectivity index (χ0n) is 13.3. The zero-order valence-corrected chi connectivity index (χ0v) is 13.3. The lowest BCUT2D eigenvalue weighted by Gasteiger charge is -2.29. The van der Waals surface area contributed by atoms with Gasteiger partial charge in [0.15, 0.2) is 0 Å². The minimum atomic E-state index is -4.60. The average molecular weight is 341 g/mol. The van der Waals surface area contributed by atoms with Crippen molar-refractivity contribution in [3.63, 3.8) is 0 Å². The first kappa shape index (κ1) is 18.0. The molecule has 4 nitrogen and oxygen atoms in total. The van der Waals surface area contributed by atoms with Crippen molar-refractivity contribution in [1.29, 1.82) is 0 Å². The lowest BCUT2D eigenvalue weighted by atomic mass is 9.76. The highest BCUT2D eigenvalue weighted by Crippen LogP contribution is 2.37. The summed E-state index contributed by atoms with van der Waals surface area (Å²) >= 11 is 0. The van der Waals surface area contributed by atoms with E-state index in [1.54, 1.807) is 13.8 Å². The minimum Gasteiger partial charge on any atom is -0.481 e. The molecule has 1 aliphatic rings. The molecule has 0 fully saturated rings. The van der Waals surface area contributed by atoms with Crippen LogP contribution < -0.4 is 5.32 Å². The van der Waals surface area contributed by atoms with Crippen molar-refractivity contribution in [2.45, 2.75) is 32.9 Å². The number of hydrogen-bond donors (Lipinski definition) is 2. The molecule has 7 heteroatoms. The lowest BCUT2D eigenvalue weighted by molar-refractivity contribution is -0.146. The van der Waals surface area contributed by atoms with Crippen LogP contribution in [-0.4, -0.2) is 17.0 Å². The molecule has 24 heavy (non-hydrogen) atoms. The van der Waals surface area contributed by atoms with Crippen LogP contribution in [0.2, 0.25) is 0 Å². The number of carbonyl (C=O) groups excluding carboxylic acids is 1. The Balaban J connectivity index is 2.28. The Morgan fingerprint density at radius 3 is 2.17 bits per heavy atom. The van der Waals surface area contributed by atoms with Crippen LogP contribution in [0.3, 0.4) is 0 Å². The van der Waals surface area contributed by atoms with Crippen LogP contribution in [0.4, 0.5) is 18.9 Å². The monoisotopic (exact) mass is 341 g/mol. The summed E-state index contributed by atoms with van der Waals surface area (Å²) in [4.78, 5) is 23.9. The standard InChI is InChI=1S/C17H18F3NO3/c1-9-7-11(12(16(23)24)8-10(9)2)15(22)21-14-6-4-3-5-13(14)17(18,19)20/h3-6,11-12H,7-8H2,1-2H3,(H,21,22)(H,23,24). The summed E-state index contributed by atoms with van der Waals surface area (Å²) in [5.74, 6) is -3.66. The second kappa shape index (κ2) is 6.67. The lowest BCUT2D eigenvalue weighted by Crippen LogP contribution is -2.36. The van der Waals surface area contributed by atoms with Gasteiger partial charge in [-0.3, -0.25) is 9.59 Å². The van der Waals surface area contributed by atoms with Crippen molar-refractivity contribution in [2.24, 2.45) is 11.8 Å². The van der Waals surface area contributed by atoms with Crippen molar-refractivity contribution in [3.05, 3.63) is 41.0 Å². The molecular weight excluding hydrogens is 323 g/mol. The van der Waals surface area contributed by atoms with E-state index in [4.69, 9.17) is 0 Å². The fourth-order valence-electron chi connectivity index (χ4n) is 2.89. The van der Waals surface area contributed by atoms with Crippen LogP contribution in [-0.2, 0) is 15.8 Å². The Morgan fingerprint density at radius 2 is 1.62 bits per heavy atom. The Kier molecular flexibility index (Phi) is 5.01. The van der Waals surface area contributed by atoms with E-state index in [0.717, 1.165) is 23.3 Å². The Morgan fingerprint density at radius 1 is 1.08 bits per heavy atom. The summed E-state index contributed by atoms with van der Waals surface area (Å²) in [5, 5.41) is 11.6. The maximum Gasteiger partial charge on any atom is 0.418 e. The van der Waals surface area contributed by atoms with E-state index in [9.17, 15) is 27.9 Å². The van der Waals surface area contributed by atoms with E-state index < -0.39 is 35.5 Å². The molecular formula is C17H18F3NO3. The summed E-state index contributed by atoms with van der Waals surface area (Å²) in [7, 11) is 0. The second-order valence-electron chi connectivity index (χ2n) is 6.05.